The summed E-state index contributed by atoms with van der Waals surface area (Å²) >= 11 is 3.53. The zero-order valence-electron chi connectivity index (χ0n) is 11.6. The molecule has 1 saturated carbocycles. The lowest BCUT2D eigenvalue weighted by Crippen LogP contribution is -2.15. The average molecular weight is 354 g/mol. The molecule has 6 nitrogen and oxygen atoms in total. The van der Waals surface area contributed by atoms with Crippen LogP contribution in [0.1, 0.15) is 24.2 Å². The lowest BCUT2D eigenvalue weighted by Gasteiger charge is -2.14. The highest BCUT2D eigenvalue weighted by molar-refractivity contribution is 9.10. The molecule has 1 N–H and O–H groups in total. The number of ether oxygens (including phenoxy) is 2. The minimum atomic E-state index is 0.227. The molecule has 0 aliphatic heterocycles. The molecule has 0 atom stereocenters. The first-order valence-corrected chi connectivity index (χ1v) is 7.53. The Hall–Kier alpha value is -1.60. The third-order valence-electron chi connectivity index (χ3n) is 3.21. The quantitative estimate of drug-likeness (QED) is 0.825. The zero-order chi connectivity index (χ0) is 14.7. The number of rotatable bonds is 7. The van der Waals surface area contributed by atoms with Crippen molar-refractivity contribution in [2.24, 2.45) is 0 Å². The maximum atomic E-state index is 5.72. The molecular weight excluding hydrogens is 338 g/mol. The van der Waals surface area contributed by atoms with Crippen molar-refractivity contribution in [2.75, 3.05) is 7.11 Å². The molecule has 1 aromatic heterocycles. The second kappa shape index (κ2) is 6.44. The van der Waals surface area contributed by atoms with E-state index in [-0.39, 0.29) is 6.61 Å². The van der Waals surface area contributed by atoms with Crippen molar-refractivity contribution in [1.29, 1.82) is 0 Å². The Bertz CT molecular complexity index is 600. The first kappa shape index (κ1) is 14.3. The van der Waals surface area contributed by atoms with Gasteiger partial charge in [-0.2, -0.15) is 4.98 Å². The number of methoxy groups -OCH3 is 1. The van der Waals surface area contributed by atoms with Crippen LogP contribution in [0, 0.1) is 0 Å². The predicted octanol–water partition coefficient (Wildman–Crippen LogP) is 2.67. The monoisotopic (exact) mass is 353 g/mol. The van der Waals surface area contributed by atoms with E-state index >= 15 is 0 Å². The van der Waals surface area contributed by atoms with Gasteiger partial charge in [-0.1, -0.05) is 5.16 Å². The van der Waals surface area contributed by atoms with Crippen LogP contribution < -0.4 is 14.8 Å². The van der Waals surface area contributed by atoms with Gasteiger partial charge in [-0.25, -0.2) is 0 Å². The van der Waals surface area contributed by atoms with Crippen molar-refractivity contribution in [3.05, 3.63) is 34.4 Å². The van der Waals surface area contributed by atoms with Gasteiger partial charge in [0.05, 0.1) is 11.6 Å². The smallest absolute Gasteiger partial charge is 0.213 e. The molecule has 0 unspecified atom stereocenters. The third-order valence-corrected chi connectivity index (χ3v) is 3.80. The number of benzene rings is 1. The van der Waals surface area contributed by atoms with Crippen LogP contribution in [-0.4, -0.2) is 23.3 Å². The van der Waals surface area contributed by atoms with E-state index in [1.54, 1.807) is 7.11 Å². The molecule has 1 aliphatic rings. The van der Waals surface area contributed by atoms with Crippen molar-refractivity contribution >= 4 is 15.9 Å². The largest absolute Gasteiger partial charge is 0.493 e. The van der Waals surface area contributed by atoms with Crippen LogP contribution in [0.25, 0.3) is 0 Å². The number of hydrogen-bond acceptors (Lipinski definition) is 6. The van der Waals surface area contributed by atoms with E-state index in [0.29, 0.717) is 23.4 Å². The Balaban J connectivity index is 1.71. The number of halogens is 1. The maximum Gasteiger partial charge on any atom is 0.213 e. The Morgan fingerprint density at radius 3 is 2.95 bits per heavy atom. The molecule has 112 valence electrons. The predicted molar refractivity (Wildman–Crippen MR) is 79.2 cm³/mol. The number of aromatic nitrogens is 2. The van der Waals surface area contributed by atoms with Crippen LogP contribution >= 0.6 is 15.9 Å². The van der Waals surface area contributed by atoms with E-state index in [9.17, 15) is 0 Å². The summed E-state index contributed by atoms with van der Waals surface area (Å²) in [6, 6.07) is 4.68. The fourth-order valence-electron chi connectivity index (χ4n) is 1.96. The normalized spacial score (nSPS) is 14.2. The van der Waals surface area contributed by atoms with Crippen molar-refractivity contribution in [1.82, 2.24) is 15.5 Å². The Kier molecular flexibility index (Phi) is 4.40. The molecular formula is C14H16BrN3O3. The third kappa shape index (κ3) is 3.74. The molecule has 0 spiro atoms. The fourth-order valence-corrected chi connectivity index (χ4v) is 2.56. The molecule has 3 rings (SSSR count). The van der Waals surface area contributed by atoms with Gasteiger partial charge in [-0.3, -0.25) is 0 Å². The van der Waals surface area contributed by atoms with Crippen molar-refractivity contribution in [3.8, 4) is 11.5 Å². The van der Waals surface area contributed by atoms with Crippen LogP contribution in [0.3, 0.4) is 0 Å². The minimum absolute atomic E-state index is 0.227. The van der Waals surface area contributed by atoms with E-state index in [4.69, 9.17) is 9.47 Å². The summed E-state index contributed by atoms with van der Waals surface area (Å²) in [5.74, 6) is 1.81. The van der Waals surface area contributed by atoms with Gasteiger partial charge in [0.25, 0.3) is 0 Å². The van der Waals surface area contributed by atoms with E-state index < -0.39 is 0 Å². The van der Waals surface area contributed by atoms with Gasteiger partial charge in [0, 0.05) is 12.6 Å². The first-order valence-electron chi connectivity index (χ1n) is 6.74. The lowest BCUT2D eigenvalue weighted by atomic mass is 10.2. The van der Waals surface area contributed by atoms with Crippen molar-refractivity contribution in [3.63, 3.8) is 0 Å². The van der Waals surface area contributed by atoms with Gasteiger partial charge in [0.15, 0.2) is 18.1 Å². The Labute approximate surface area is 131 Å². The molecule has 0 amide bonds. The summed E-state index contributed by atoms with van der Waals surface area (Å²) < 4.78 is 16.7. The summed E-state index contributed by atoms with van der Waals surface area (Å²) in [5, 5.41) is 7.19. The summed E-state index contributed by atoms with van der Waals surface area (Å²) in [7, 11) is 1.63. The van der Waals surface area contributed by atoms with Crippen molar-refractivity contribution in [2.45, 2.75) is 32.0 Å². The molecule has 2 aromatic rings. The second-order valence-corrected chi connectivity index (χ2v) is 5.75. The molecule has 1 aromatic carbocycles. The highest BCUT2D eigenvalue weighted by Gasteiger charge is 2.20. The summed E-state index contributed by atoms with van der Waals surface area (Å²) in [6.45, 7) is 1.05. The molecule has 0 saturated heterocycles. The van der Waals surface area contributed by atoms with Crippen LogP contribution in [0.4, 0.5) is 0 Å². The minimum Gasteiger partial charge on any atom is -0.493 e. The van der Waals surface area contributed by atoms with Gasteiger partial charge < -0.3 is 19.3 Å². The molecule has 0 bridgehead atoms. The van der Waals surface area contributed by atoms with Crippen molar-refractivity contribution < 1.29 is 14.0 Å². The van der Waals surface area contributed by atoms with Gasteiger partial charge in [-0.05, 0) is 46.5 Å². The molecule has 1 aliphatic carbocycles. The lowest BCUT2D eigenvalue weighted by molar-refractivity contribution is 0.268. The SMILES string of the molecule is COc1cc(CNC2CC2)cc(Br)c1OCc1ncon1. The Morgan fingerprint density at radius 2 is 2.29 bits per heavy atom. The topological polar surface area (TPSA) is 69.4 Å². The zero-order valence-corrected chi connectivity index (χ0v) is 13.2. The molecule has 0 radical (unpaired) electrons. The Morgan fingerprint density at radius 1 is 1.43 bits per heavy atom. The molecule has 1 heterocycles. The van der Waals surface area contributed by atoms with Crippen LogP contribution in [0.5, 0.6) is 11.5 Å². The van der Waals surface area contributed by atoms with Crippen LogP contribution in [0.2, 0.25) is 0 Å². The van der Waals surface area contributed by atoms with Crippen LogP contribution in [-0.2, 0) is 13.2 Å². The van der Waals surface area contributed by atoms with E-state index in [1.807, 2.05) is 12.1 Å². The standard InChI is InChI=1S/C14H16BrN3O3/c1-19-12-5-9(6-16-10-2-3-10)4-11(15)14(12)20-7-13-17-8-21-18-13/h4-5,8,10,16H,2-3,6-7H2,1H3. The van der Waals surface area contributed by atoms with Gasteiger partial charge in [0.1, 0.15) is 0 Å². The number of nitrogens with zero attached hydrogens (tertiary/aromatic N) is 2. The van der Waals surface area contributed by atoms with Crippen LogP contribution in [0.15, 0.2) is 27.5 Å². The van der Waals surface area contributed by atoms with Gasteiger partial charge in [0.2, 0.25) is 12.2 Å². The number of nitrogens with one attached hydrogen (secondary N) is 1. The maximum absolute atomic E-state index is 5.72. The molecule has 1 fully saturated rings. The van der Waals surface area contributed by atoms with E-state index in [1.165, 1.54) is 19.2 Å². The summed E-state index contributed by atoms with van der Waals surface area (Å²) in [6.07, 6.45) is 3.81. The van der Waals surface area contributed by atoms with E-state index in [0.717, 1.165) is 16.6 Å². The summed E-state index contributed by atoms with van der Waals surface area (Å²) in [5.41, 5.74) is 1.15. The highest BCUT2D eigenvalue weighted by atomic mass is 79.9. The van der Waals surface area contributed by atoms with Gasteiger partial charge >= 0.3 is 0 Å². The van der Waals surface area contributed by atoms with E-state index in [2.05, 4.69) is 35.9 Å². The second-order valence-electron chi connectivity index (χ2n) is 4.90. The first-order chi connectivity index (χ1) is 10.3. The average Bonchev–Trinajstić information content (AvgIpc) is 3.17. The molecule has 21 heavy (non-hydrogen) atoms. The fraction of sp³-hybridized carbons (Fsp3) is 0.429. The summed E-state index contributed by atoms with van der Waals surface area (Å²) in [4.78, 5) is 3.92. The molecule has 7 heteroatoms. The number of hydrogen-bond donors (Lipinski definition) is 1. The highest BCUT2D eigenvalue weighted by Crippen LogP contribution is 2.37. The van der Waals surface area contributed by atoms with Gasteiger partial charge in [-0.15, -0.1) is 0 Å².